The molecular formula is C42H70N2O4W3. The van der Waals surface area contributed by atoms with Crippen molar-refractivity contribution in [2.75, 3.05) is 14.1 Å². The molecule has 0 atom stereocenters. The standard InChI is InChI=1S/2C10H8.2C5H9NO2.5C2H6.2CH3.3W/c2*1-2-6-10-8-4-3-7-9(10)5-1;2*1-4(7)6(3)5(2)8;5*1-2;;;;;/h2*1-8H;2*1-3H3;5*1-2H3;2*1H3;;;/q;;;;;;;;;2*-1;;;+2. The van der Waals surface area contributed by atoms with Crippen molar-refractivity contribution in [3.63, 3.8) is 0 Å². The molecule has 0 aliphatic carbocycles. The molecule has 0 N–H and O–H groups in total. The molecule has 0 fully saturated rings. The van der Waals surface area contributed by atoms with E-state index in [0.29, 0.717) is 0 Å². The number of nitrogens with zero attached hydrogens (tertiary/aromatic N) is 2. The van der Waals surface area contributed by atoms with E-state index < -0.39 is 0 Å². The van der Waals surface area contributed by atoms with Gasteiger partial charge in [0.25, 0.3) is 0 Å². The number of benzene rings is 4. The maximum atomic E-state index is 10.3. The number of fused-ring (bicyclic) bond motifs is 2. The van der Waals surface area contributed by atoms with Gasteiger partial charge in [0.2, 0.25) is 23.6 Å². The van der Waals surface area contributed by atoms with Crippen LogP contribution >= 0.6 is 0 Å². The Morgan fingerprint density at radius 1 is 0.353 bits per heavy atom. The second-order valence-electron chi connectivity index (χ2n) is 7.89. The zero-order chi connectivity index (χ0) is 37.1. The molecule has 0 heterocycles. The summed E-state index contributed by atoms with van der Waals surface area (Å²) in [6.07, 6.45) is 0. The Morgan fingerprint density at radius 3 is 0.510 bits per heavy atom. The van der Waals surface area contributed by atoms with Crippen LogP contribution in [0.4, 0.5) is 0 Å². The summed E-state index contributed by atoms with van der Waals surface area (Å²) in [4.78, 5) is 43.3. The Kier molecular flexibility index (Phi) is 79.1. The van der Waals surface area contributed by atoms with Gasteiger partial charge in [0.05, 0.1) is 0 Å². The van der Waals surface area contributed by atoms with Crippen LogP contribution in [0.15, 0.2) is 97.1 Å². The monoisotopic (exact) mass is 1220 g/mol. The third-order valence-corrected chi connectivity index (χ3v) is 5.21. The second-order valence-corrected chi connectivity index (χ2v) is 7.89. The fraction of sp³-hybridized carbons (Fsp3) is 0.381. The number of amides is 4. The Labute approximate surface area is 357 Å². The molecule has 0 saturated carbocycles. The molecule has 4 rings (SSSR count). The van der Waals surface area contributed by atoms with E-state index in [0.717, 1.165) is 9.80 Å². The first kappa shape index (κ1) is 74.0. The Bertz CT molecular complexity index is 1060. The molecule has 4 aromatic rings. The summed E-state index contributed by atoms with van der Waals surface area (Å²) >= 11 is 0. The van der Waals surface area contributed by atoms with Gasteiger partial charge < -0.3 is 14.9 Å². The fourth-order valence-electron chi connectivity index (χ4n) is 2.71. The van der Waals surface area contributed by atoms with E-state index in [2.05, 4.69) is 97.1 Å². The molecule has 0 aromatic heterocycles. The zero-order valence-electron chi connectivity index (χ0n) is 35.0. The van der Waals surface area contributed by atoms with E-state index in [1.54, 1.807) is 0 Å². The van der Waals surface area contributed by atoms with Crippen molar-refractivity contribution in [2.45, 2.75) is 96.9 Å². The van der Waals surface area contributed by atoms with Crippen LogP contribution in [-0.4, -0.2) is 47.5 Å². The van der Waals surface area contributed by atoms with Crippen LogP contribution in [0.1, 0.15) is 96.9 Å². The predicted octanol–water partition coefficient (Wildman–Crippen LogP) is 11.7. The van der Waals surface area contributed by atoms with Crippen molar-refractivity contribution in [2.24, 2.45) is 0 Å². The summed E-state index contributed by atoms with van der Waals surface area (Å²) in [5.74, 6) is -0.898. The van der Waals surface area contributed by atoms with Crippen LogP contribution in [0.5, 0.6) is 0 Å². The molecule has 0 saturated heterocycles. The van der Waals surface area contributed by atoms with E-state index in [1.165, 1.54) is 63.3 Å². The van der Waals surface area contributed by atoms with Gasteiger partial charge >= 0.3 is 21.1 Å². The minimum absolute atomic E-state index is 0. The van der Waals surface area contributed by atoms with Gasteiger partial charge in [-0.2, -0.15) is 0 Å². The average molecular weight is 1220 g/mol. The Hall–Kier alpha value is -2.26. The molecule has 4 amide bonds. The summed E-state index contributed by atoms with van der Waals surface area (Å²) in [5, 5.41) is 5.24. The van der Waals surface area contributed by atoms with Gasteiger partial charge in [0.1, 0.15) is 0 Å². The van der Waals surface area contributed by atoms with Crippen LogP contribution in [0.3, 0.4) is 0 Å². The zero-order valence-corrected chi connectivity index (χ0v) is 43.8. The second kappa shape index (κ2) is 54.5. The van der Waals surface area contributed by atoms with E-state index in [-0.39, 0.29) is 102 Å². The summed E-state index contributed by atoms with van der Waals surface area (Å²) < 4.78 is 0. The van der Waals surface area contributed by atoms with Crippen molar-refractivity contribution in [1.82, 2.24) is 9.80 Å². The molecule has 0 aliphatic rings. The van der Waals surface area contributed by atoms with Gasteiger partial charge in [-0.15, -0.1) is 0 Å². The summed E-state index contributed by atoms with van der Waals surface area (Å²) in [5.41, 5.74) is 0. The van der Waals surface area contributed by atoms with Gasteiger partial charge in [0, 0.05) is 83.9 Å². The van der Waals surface area contributed by atoms with Crippen molar-refractivity contribution in [1.29, 1.82) is 0 Å². The first-order chi connectivity index (χ1) is 22.0. The Morgan fingerprint density at radius 2 is 0.451 bits per heavy atom. The van der Waals surface area contributed by atoms with Crippen molar-refractivity contribution >= 4 is 45.2 Å². The number of carbonyl (C=O) groups is 4. The SMILES string of the molecule is CC.CC.CC.CC.CC.CC(=O)N(C)C(C)=O.CC(=O)N(C)C(C)=O.[CH3-].[CH3-].[W+2].[W].[W].c1ccc2ccccc2c1.c1ccc2ccccc2c1. The molecule has 0 unspecified atom stereocenters. The van der Waals surface area contributed by atoms with Crippen LogP contribution in [0.2, 0.25) is 0 Å². The van der Waals surface area contributed by atoms with E-state index >= 15 is 0 Å². The summed E-state index contributed by atoms with van der Waals surface area (Å²) in [7, 11) is 2.90. The first-order valence-corrected chi connectivity index (χ1v) is 16.4. The molecular weight excluding hydrogens is 1150 g/mol. The number of hydrogen-bond donors (Lipinski definition) is 0. The van der Waals surface area contributed by atoms with Gasteiger partial charge in [-0.25, -0.2) is 0 Å². The topological polar surface area (TPSA) is 74.8 Å². The number of imide groups is 2. The molecule has 0 aliphatic heterocycles. The normalized spacial score (nSPS) is 7.14. The van der Waals surface area contributed by atoms with Crippen LogP contribution in [0.25, 0.3) is 21.5 Å². The molecule has 0 bridgehead atoms. The van der Waals surface area contributed by atoms with Crippen LogP contribution in [-0.2, 0) is 82.4 Å². The molecule has 290 valence electrons. The van der Waals surface area contributed by atoms with Gasteiger partial charge in [-0.3, -0.25) is 29.0 Å². The number of rotatable bonds is 0. The van der Waals surface area contributed by atoms with E-state index in [9.17, 15) is 19.2 Å². The van der Waals surface area contributed by atoms with E-state index in [4.69, 9.17) is 0 Å². The third kappa shape index (κ3) is 40.4. The molecule has 0 radical (unpaired) electrons. The smallest absolute Gasteiger partial charge is 0.358 e. The molecule has 6 nitrogen and oxygen atoms in total. The van der Waals surface area contributed by atoms with Gasteiger partial charge in [-0.05, 0) is 21.5 Å². The average Bonchev–Trinajstić information content (AvgIpc) is 3.12. The first-order valence-electron chi connectivity index (χ1n) is 16.4. The number of carbonyl (C=O) groups excluding carboxylic acids is 4. The molecule has 51 heavy (non-hydrogen) atoms. The summed E-state index contributed by atoms with van der Waals surface area (Å²) in [6, 6.07) is 33.4. The fourth-order valence-corrected chi connectivity index (χ4v) is 2.71. The largest absolute Gasteiger partial charge is 2.00 e. The minimum Gasteiger partial charge on any atom is -0.358 e. The molecule has 9 heteroatoms. The van der Waals surface area contributed by atoms with E-state index in [1.807, 2.05) is 69.2 Å². The number of hydrogen-bond acceptors (Lipinski definition) is 4. The van der Waals surface area contributed by atoms with Crippen molar-refractivity contribution in [3.05, 3.63) is 112 Å². The predicted molar refractivity (Wildman–Crippen MR) is 216 cm³/mol. The molecule has 0 spiro atoms. The Balaban J connectivity index is -0.0000000494. The quantitative estimate of drug-likeness (QED) is 0.164. The minimum atomic E-state index is -0.225. The van der Waals surface area contributed by atoms with Gasteiger partial charge in [-0.1, -0.05) is 166 Å². The molecule has 4 aromatic carbocycles. The van der Waals surface area contributed by atoms with Crippen LogP contribution < -0.4 is 0 Å². The van der Waals surface area contributed by atoms with Crippen molar-refractivity contribution < 1.29 is 82.4 Å². The maximum absolute atomic E-state index is 10.3. The maximum Gasteiger partial charge on any atom is 2.00 e. The summed E-state index contributed by atoms with van der Waals surface area (Å²) in [6.45, 7) is 25.4. The van der Waals surface area contributed by atoms with Gasteiger partial charge in [0.15, 0.2) is 0 Å². The van der Waals surface area contributed by atoms with Crippen molar-refractivity contribution in [3.8, 4) is 0 Å². The third-order valence-electron chi connectivity index (χ3n) is 5.21. The van der Waals surface area contributed by atoms with Crippen LogP contribution in [0, 0.1) is 14.9 Å².